The first-order valence-corrected chi connectivity index (χ1v) is 13.9. The van der Waals surface area contributed by atoms with E-state index in [1.165, 1.54) is 27.7 Å². The Morgan fingerprint density at radius 2 is 1.67 bits per heavy atom. The zero-order valence-corrected chi connectivity index (χ0v) is 23.2. The Morgan fingerprint density at radius 1 is 1.08 bits per heavy atom. The number of ether oxygens (including phenoxy) is 3. The summed E-state index contributed by atoms with van der Waals surface area (Å²) in [5.41, 5.74) is -5.04. The average Bonchev–Trinajstić information content (AvgIpc) is 2.74. The summed E-state index contributed by atoms with van der Waals surface area (Å²) in [6.07, 6.45) is -6.14. The number of nitrogens with one attached hydrogen (secondary N) is 1. The molecule has 0 saturated carbocycles. The van der Waals surface area contributed by atoms with Gasteiger partial charge >= 0.3 is 5.97 Å². The van der Waals surface area contributed by atoms with Crippen molar-refractivity contribution in [2.75, 3.05) is 19.8 Å². The Labute approximate surface area is 224 Å². The van der Waals surface area contributed by atoms with E-state index in [1.54, 1.807) is 0 Å². The molecule has 2 aliphatic rings. The highest BCUT2D eigenvalue weighted by molar-refractivity contribution is 7.81. The van der Waals surface area contributed by atoms with Crippen molar-refractivity contribution in [3.63, 3.8) is 0 Å². The molecule has 4 N–H and O–H groups in total. The highest BCUT2D eigenvalue weighted by Crippen LogP contribution is 2.42. The lowest BCUT2D eigenvalue weighted by Crippen LogP contribution is -2.71. The number of aliphatic hydroxyl groups is 2. The van der Waals surface area contributed by atoms with E-state index < -0.39 is 105 Å². The lowest BCUT2D eigenvalue weighted by molar-refractivity contribution is -0.255. The van der Waals surface area contributed by atoms with Crippen LogP contribution in [0.25, 0.3) is 0 Å². The second-order valence-electron chi connectivity index (χ2n) is 10.2. The van der Waals surface area contributed by atoms with Gasteiger partial charge in [-0.05, 0) is 26.8 Å². The minimum Gasteiger partial charge on any atom is -0.726 e. The SMILES string of the molecule is CC(=O)NC1[C@H](O)[C@](C)(COC[C@@]2(C)OC(C(=O)O)=C[C@@H](O)C2OS(=O)(=O)[O-])C(COS(=O)(=O)[O-])OC1(C)C. The number of aliphatic hydroxyl groups excluding tert-OH is 2. The van der Waals surface area contributed by atoms with Gasteiger partial charge in [0.15, 0.2) is 5.60 Å². The summed E-state index contributed by atoms with van der Waals surface area (Å²) >= 11 is 0. The molecule has 0 radical (unpaired) electrons. The van der Waals surface area contributed by atoms with Crippen molar-refractivity contribution in [3.05, 3.63) is 11.8 Å². The van der Waals surface area contributed by atoms with Gasteiger partial charge in [-0.3, -0.25) is 13.2 Å². The van der Waals surface area contributed by atoms with E-state index in [2.05, 4.69) is 13.7 Å². The van der Waals surface area contributed by atoms with Gasteiger partial charge in [0.25, 0.3) is 0 Å². The van der Waals surface area contributed by atoms with Crippen molar-refractivity contribution < 1.29 is 73.4 Å². The van der Waals surface area contributed by atoms with Crippen LogP contribution in [0.2, 0.25) is 0 Å². The summed E-state index contributed by atoms with van der Waals surface area (Å²) in [4.78, 5) is 23.2. The molecule has 1 saturated heterocycles. The molecule has 2 aliphatic heterocycles. The molecule has 0 aliphatic carbocycles. The molecule has 0 aromatic heterocycles. The number of aliphatic carboxylic acids is 1. The molecule has 0 bridgehead atoms. The highest BCUT2D eigenvalue weighted by Gasteiger charge is 2.57. The van der Waals surface area contributed by atoms with E-state index in [0.717, 1.165) is 6.92 Å². The zero-order chi connectivity index (χ0) is 30.2. The van der Waals surface area contributed by atoms with Gasteiger partial charge in [-0.1, -0.05) is 6.92 Å². The van der Waals surface area contributed by atoms with Crippen LogP contribution >= 0.6 is 0 Å². The van der Waals surface area contributed by atoms with Crippen LogP contribution in [0.15, 0.2) is 11.8 Å². The maximum absolute atomic E-state index is 11.8. The Balaban J connectivity index is 2.39. The first-order valence-electron chi connectivity index (χ1n) is 11.3. The van der Waals surface area contributed by atoms with Crippen LogP contribution in [0.4, 0.5) is 0 Å². The fraction of sp³-hybridized carbons (Fsp3) is 0.800. The van der Waals surface area contributed by atoms with E-state index in [0.29, 0.717) is 6.08 Å². The minimum absolute atomic E-state index is 0.542. The molecule has 19 heteroatoms. The van der Waals surface area contributed by atoms with Crippen molar-refractivity contribution in [1.82, 2.24) is 5.32 Å². The number of carboxylic acids is 1. The second kappa shape index (κ2) is 11.5. The normalized spacial score (nSPS) is 35.0. The van der Waals surface area contributed by atoms with Crippen LogP contribution in [-0.2, 0) is 53.0 Å². The van der Waals surface area contributed by atoms with Gasteiger partial charge in [-0.15, -0.1) is 0 Å². The van der Waals surface area contributed by atoms with E-state index >= 15 is 0 Å². The zero-order valence-electron chi connectivity index (χ0n) is 21.6. The third-order valence-corrected chi connectivity index (χ3v) is 7.32. The molecule has 1 amide bonds. The number of carbonyl (C=O) groups is 2. The summed E-state index contributed by atoms with van der Waals surface area (Å²) in [5.74, 6) is -2.98. The minimum atomic E-state index is -5.42. The Hall–Kier alpha value is -1.94. The van der Waals surface area contributed by atoms with E-state index in [-0.39, 0.29) is 0 Å². The predicted octanol–water partition coefficient (Wildman–Crippen LogP) is -2.51. The first-order chi connectivity index (χ1) is 17.5. The van der Waals surface area contributed by atoms with Gasteiger partial charge in [0.2, 0.25) is 32.5 Å². The average molecular weight is 606 g/mol. The third kappa shape index (κ3) is 8.28. The maximum atomic E-state index is 11.8. The number of amides is 1. The van der Waals surface area contributed by atoms with E-state index in [1.807, 2.05) is 0 Å². The van der Waals surface area contributed by atoms with Crippen molar-refractivity contribution in [2.45, 2.75) is 76.3 Å². The molecular weight excluding hydrogens is 574 g/mol. The lowest BCUT2D eigenvalue weighted by atomic mass is 9.70. The number of hydrogen-bond donors (Lipinski definition) is 4. The molecular formula is C20H31NO16S2-2. The standard InChI is InChI=1S/C20H33NO16S2/c1-10(22)21-14-15(24)19(4,13(36-18(14,2)3)7-34-38(27,28)29)8-33-9-20(5)16(37-39(30,31)32)11(23)6-12(35-20)17(25)26/h6,11,13-16,23-24H,7-9H2,1-5H3,(H,21,22)(H,25,26)(H,27,28,29)(H,30,31,32)/p-2/t11-,13?,14?,15+,16?,19-,20-/m1/s1. The van der Waals surface area contributed by atoms with Crippen molar-refractivity contribution in [3.8, 4) is 0 Å². The number of rotatable bonds is 11. The van der Waals surface area contributed by atoms with Crippen LogP contribution in [0.1, 0.15) is 34.6 Å². The Bertz CT molecular complexity index is 1180. The first kappa shape index (κ1) is 33.3. The topological polar surface area (TPSA) is 267 Å². The van der Waals surface area contributed by atoms with Crippen molar-refractivity contribution in [1.29, 1.82) is 0 Å². The smallest absolute Gasteiger partial charge is 0.370 e. The summed E-state index contributed by atoms with van der Waals surface area (Å²) in [6, 6.07) is -1.09. The molecule has 226 valence electrons. The molecule has 1 fully saturated rings. The fourth-order valence-corrected chi connectivity index (χ4v) is 5.34. The van der Waals surface area contributed by atoms with Crippen molar-refractivity contribution >= 4 is 32.7 Å². The molecule has 0 aromatic rings. The highest BCUT2D eigenvalue weighted by atomic mass is 32.3. The van der Waals surface area contributed by atoms with Gasteiger partial charge in [0.05, 0.1) is 43.7 Å². The van der Waals surface area contributed by atoms with Crippen LogP contribution in [0.3, 0.4) is 0 Å². The van der Waals surface area contributed by atoms with Gasteiger partial charge in [-0.25, -0.2) is 21.6 Å². The Morgan fingerprint density at radius 3 is 2.15 bits per heavy atom. The fourth-order valence-electron chi connectivity index (χ4n) is 4.48. The van der Waals surface area contributed by atoms with Crippen LogP contribution in [-0.4, -0.2) is 115 Å². The number of carbonyl (C=O) groups excluding carboxylic acids is 1. The van der Waals surface area contributed by atoms with Gasteiger partial charge < -0.3 is 44.0 Å². The quantitative estimate of drug-likeness (QED) is 0.140. The van der Waals surface area contributed by atoms with Gasteiger partial charge in [-0.2, -0.15) is 0 Å². The van der Waals surface area contributed by atoms with Gasteiger partial charge in [0, 0.05) is 12.3 Å². The molecule has 39 heavy (non-hydrogen) atoms. The Kier molecular flexibility index (Phi) is 9.82. The molecule has 2 heterocycles. The van der Waals surface area contributed by atoms with Crippen LogP contribution in [0.5, 0.6) is 0 Å². The second-order valence-corrected chi connectivity index (χ2v) is 12.3. The maximum Gasteiger partial charge on any atom is 0.370 e. The monoisotopic (exact) mass is 605 g/mol. The number of carboxylic acid groups (broad SMARTS) is 1. The third-order valence-electron chi connectivity index (χ3n) is 6.46. The lowest BCUT2D eigenvalue weighted by Gasteiger charge is -2.55. The summed E-state index contributed by atoms with van der Waals surface area (Å²) < 4.78 is 92.6. The molecule has 2 rings (SSSR count). The van der Waals surface area contributed by atoms with E-state index in [9.17, 15) is 50.8 Å². The summed E-state index contributed by atoms with van der Waals surface area (Å²) in [7, 11) is -10.6. The summed E-state index contributed by atoms with van der Waals surface area (Å²) in [6.45, 7) is 4.40. The predicted molar refractivity (Wildman–Crippen MR) is 123 cm³/mol. The van der Waals surface area contributed by atoms with Gasteiger partial charge in [0.1, 0.15) is 12.2 Å². The number of hydrogen-bond acceptors (Lipinski definition) is 15. The van der Waals surface area contributed by atoms with E-state index in [4.69, 9.17) is 14.2 Å². The molecule has 0 aromatic carbocycles. The largest absolute Gasteiger partial charge is 0.726 e. The van der Waals surface area contributed by atoms with Crippen LogP contribution in [0, 0.1) is 5.41 Å². The van der Waals surface area contributed by atoms with Crippen LogP contribution < -0.4 is 5.32 Å². The molecule has 3 unspecified atom stereocenters. The van der Waals surface area contributed by atoms with Crippen molar-refractivity contribution in [2.24, 2.45) is 5.41 Å². The summed E-state index contributed by atoms with van der Waals surface area (Å²) in [5, 5.41) is 33.4. The molecule has 17 nitrogen and oxygen atoms in total. The molecule has 7 atom stereocenters. The molecule has 0 spiro atoms.